The van der Waals surface area contributed by atoms with E-state index in [0.717, 1.165) is 5.56 Å². The van der Waals surface area contributed by atoms with Crippen molar-refractivity contribution in [3.8, 4) is 0 Å². The van der Waals surface area contributed by atoms with Gasteiger partial charge in [0.25, 0.3) is 0 Å². The molecule has 0 spiro atoms. The van der Waals surface area contributed by atoms with Crippen molar-refractivity contribution in [2.24, 2.45) is 0 Å². The average molecular weight is 537 g/mol. The second kappa shape index (κ2) is 15.5. The van der Waals surface area contributed by atoms with Crippen LogP contribution in [0.15, 0.2) is 24.3 Å². The van der Waals surface area contributed by atoms with E-state index in [1.807, 2.05) is 13.0 Å². The number of hydrogen-bond acceptors (Lipinski definition) is 4. The molecule has 1 rings (SSSR count). The van der Waals surface area contributed by atoms with Gasteiger partial charge in [-0.05, 0) is 0 Å². The Morgan fingerprint density at radius 2 is 1.35 bits per heavy atom. The molecule has 0 N–H and O–H groups in total. The topological polar surface area (TPSA) is 52.6 Å². The number of carbonyl (C=O) groups excluding carboxylic acids is 2. The van der Waals surface area contributed by atoms with E-state index in [4.69, 9.17) is 9.47 Å². The van der Waals surface area contributed by atoms with Crippen molar-refractivity contribution in [2.75, 3.05) is 13.2 Å². The SMILES string of the molecule is CCC[CH2][Sn]([CH2]CCC)([CH2]CCC)[c]1cc(/C=C\C(=O)OCC)cc(C(=O)OCC)c1. The van der Waals surface area contributed by atoms with Gasteiger partial charge in [0.2, 0.25) is 0 Å². The first-order valence-corrected chi connectivity index (χ1v) is 19.6. The van der Waals surface area contributed by atoms with Crippen molar-refractivity contribution in [3.05, 3.63) is 35.4 Å². The molecule has 1 aromatic carbocycles. The summed E-state index contributed by atoms with van der Waals surface area (Å²) < 4.78 is 15.7. The Hall–Kier alpha value is -1.30. The molecule has 0 bridgehead atoms. The fraction of sp³-hybridized carbons (Fsp3) is 0.615. The number of unbranched alkanes of at least 4 members (excludes halogenated alkanes) is 3. The summed E-state index contributed by atoms with van der Waals surface area (Å²) in [5.74, 6) is -0.639. The molecule has 174 valence electrons. The Bertz CT molecular complexity index is 690. The third kappa shape index (κ3) is 9.38. The number of hydrogen-bond donors (Lipinski definition) is 0. The van der Waals surface area contributed by atoms with E-state index in [1.54, 1.807) is 13.0 Å². The number of rotatable bonds is 15. The van der Waals surface area contributed by atoms with Crippen LogP contribution in [0.4, 0.5) is 0 Å². The van der Waals surface area contributed by atoms with E-state index in [2.05, 4.69) is 32.9 Å². The van der Waals surface area contributed by atoms with Gasteiger partial charge >= 0.3 is 194 Å². The van der Waals surface area contributed by atoms with E-state index in [0.29, 0.717) is 18.8 Å². The Morgan fingerprint density at radius 1 is 0.806 bits per heavy atom. The van der Waals surface area contributed by atoms with Gasteiger partial charge in [-0.3, -0.25) is 0 Å². The van der Waals surface area contributed by atoms with Crippen LogP contribution in [0.25, 0.3) is 6.08 Å². The molecule has 4 nitrogen and oxygen atoms in total. The summed E-state index contributed by atoms with van der Waals surface area (Å²) >= 11 is -2.73. The molecule has 0 unspecified atom stereocenters. The number of benzene rings is 1. The van der Waals surface area contributed by atoms with Crippen molar-refractivity contribution in [1.29, 1.82) is 0 Å². The van der Waals surface area contributed by atoms with Gasteiger partial charge in [-0.15, -0.1) is 0 Å². The van der Waals surface area contributed by atoms with Gasteiger partial charge < -0.3 is 0 Å². The van der Waals surface area contributed by atoms with Gasteiger partial charge in [0.1, 0.15) is 0 Å². The number of esters is 2. The first-order chi connectivity index (χ1) is 15.0. The zero-order chi connectivity index (χ0) is 23.1. The predicted molar refractivity (Wildman–Crippen MR) is 133 cm³/mol. The first-order valence-electron chi connectivity index (χ1n) is 12.1. The summed E-state index contributed by atoms with van der Waals surface area (Å²) in [5, 5.41) is 0. The van der Waals surface area contributed by atoms with E-state index in [1.165, 1.54) is 61.5 Å². The Balaban J connectivity index is 3.53. The molecule has 5 heteroatoms. The summed E-state index contributed by atoms with van der Waals surface area (Å²) in [4.78, 5) is 24.5. The third-order valence-corrected chi connectivity index (χ3v) is 21.3. The van der Waals surface area contributed by atoms with Crippen molar-refractivity contribution in [3.63, 3.8) is 0 Å². The molecule has 0 aliphatic rings. The van der Waals surface area contributed by atoms with Crippen LogP contribution >= 0.6 is 0 Å². The maximum absolute atomic E-state index is 12.6. The van der Waals surface area contributed by atoms with Gasteiger partial charge in [0.15, 0.2) is 0 Å². The van der Waals surface area contributed by atoms with E-state index >= 15 is 0 Å². The molecular weight excluding hydrogens is 495 g/mol. The minimum atomic E-state index is -2.73. The first kappa shape index (κ1) is 27.7. The van der Waals surface area contributed by atoms with Crippen LogP contribution in [0.1, 0.15) is 89.1 Å². The second-order valence-corrected chi connectivity index (χ2v) is 21.5. The van der Waals surface area contributed by atoms with Gasteiger partial charge in [-0.2, -0.15) is 0 Å². The van der Waals surface area contributed by atoms with Crippen molar-refractivity contribution in [2.45, 2.75) is 86.5 Å². The van der Waals surface area contributed by atoms with Gasteiger partial charge in [0.05, 0.1) is 0 Å². The van der Waals surface area contributed by atoms with Crippen LogP contribution in [-0.2, 0) is 14.3 Å². The summed E-state index contributed by atoms with van der Waals surface area (Å²) in [6, 6.07) is 6.21. The molecule has 0 aromatic heterocycles. The third-order valence-electron chi connectivity index (χ3n) is 5.80. The maximum atomic E-state index is 12.6. The fourth-order valence-electron chi connectivity index (χ4n) is 4.09. The molecule has 0 radical (unpaired) electrons. The van der Waals surface area contributed by atoms with Crippen LogP contribution in [0.3, 0.4) is 0 Å². The molecular formula is C26H42O4Sn. The molecule has 1 aromatic rings. The molecule has 0 heterocycles. The minimum absolute atomic E-state index is 0.281. The van der Waals surface area contributed by atoms with Gasteiger partial charge in [0, 0.05) is 0 Å². The quantitative estimate of drug-likeness (QED) is 0.146. The molecule has 0 fully saturated rings. The summed E-state index contributed by atoms with van der Waals surface area (Å²) in [6.07, 6.45) is 10.6. The van der Waals surface area contributed by atoms with Gasteiger partial charge in [-0.1, -0.05) is 0 Å². The zero-order valence-electron chi connectivity index (χ0n) is 20.3. The van der Waals surface area contributed by atoms with Crippen LogP contribution in [-0.4, -0.2) is 43.5 Å². The van der Waals surface area contributed by atoms with Crippen LogP contribution in [0.5, 0.6) is 0 Å². The monoisotopic (exact) mass is 538 g/mol. The van der Waals surface area contributed by atoms with Crippen molar-refractivity contribution < 1.29 is 19.1 Å². The molecule has 31 heavy (non-hydrogen) atoms. The molecule has 0 saturated heterocycles. The predicted octanol–water partition coefficient (Wildman–Crippen LogP) is 6.50. The number of carbonyl (C=O) groups is 2. The van der Waals surface area contributed by atoms with Gasteiger partial charge in [-0.25, -0.2) is 0 Å². The molecule has 0 atom stereocenters. The standard InChI is InChI=1S/C14H15O4.3C4H9.Sn/c1-3-17-13(15)9-8-11-6-5-7-12(10-11)14(16)18-4-2;3*1-3-4-2;/h6-10H,3-4H2,1-2H3;3*1,3-4H2,2H3;/b9-8-;;;;. The summed E-state index contributed by atoms with van der Waals surface area (Å²) in [7, 11) is 0. The number of ether oxygens (including phenoxy) is 2. The fourth-order valence-corrected chi connectivity index (χ4v) is 20.2. The van der Waals surface area contributed by atoms with Crippen LogP contribution < -0.4 is 3.58 Å². The van der Waals surface area contributed by atoms with E-state index in [-0.39, 0.29) is 11.9 Å². The molecule has 0 aliphatic carbocycles. The molecule has 0 saturated carbocycles. The molecule has 0 amide bonds. The van der Waals surface area contributed by atoms with E-state index in [9.17, 15) is 9.59 Å². The van der Waals surface area contributed by atoms with Crippen LogP contribution in [0, 0.1) is 0 Å². The average Bonchev–Trinajstić information content (AvgIpc) is 2.77. The Kier molecular flexibility index (Phi) is 13.9. The Labute approximate surface area is 193 Å². The molecule has 0 aliphatic heterocycles. The van der Waals surface area contributed by atoms with E-state index < -0.39 is 18.4 Å². The van der Waals surface area contributed by atoms with Crippen molar-refractivity contribution in [1.82, 2.24) is 0 Å². The van der Waals surface area contributed by atoms with Crippen LogP contribution in [0.2, 0.25) is 13.3 Å². The zero-order valence-corrected chi connectivity index (χ0v) is 23.2. The normalized spacial score (nSPS) is 11.6. The van der Waals surface area contributed by atoms with Crippen molar-refractivity contribution >= 4 is 40.0 Å². The second-order valence-electron chi connectivity index (χ2n) is 8.24. The summed E-state index contributed by atoms with van der Waals surface area (Å²) in [6.45, 7) is 11.1. The Morgan fingerprint density at radius 3 is 1.84 bits per heavy atom. The summed E-state index contributed by atoms with van der Waals surface area (Å²) in [5.41, 5.74) is 1.49.